The Bertz CT molecular complexity index is 789. The van der Waals surface area contributed by atoms with Crippen molar-refractivity contribution in [2.75, 3.05) is 0 Å². The molecular formula is C15H15ClFN3O. The van der Waals surface area contributed by atoms with Crippen LogP contribution in [0.2, 0.25) is 0 Å². The van der Waals surface area contributed by atoms with Crippen molar-refractivity contribution in [3.05, 3.63) is 46.9 Å². The second-order valence-corrected chi connectivity index (χ2v) is 5.35. The van der Waals surface area contributed by atoms with Gasteiger partial charge in [0.05, 0.1) is 28.6 Å². The van der Waals surface area contributed by atoms with Crippen LogP contribution in [0.4, 0.5) is 4.39 Å². The Morgan fingerprint density at radius 1 is 1.38 bits per heavy atom. The molecule has 0 aliphatic rings. The molecule has 0 saturated heterocycles. The maximum Gasteiger partial charge on any atom is 0.139 e. The van der Waals surface area contributed by atoms with Gasteiger partial charge in [-0.2, -0.15) is 0 Å². The van der Waals surface area contributed by atoms with Gasteiger partial charge in [-0.05, 0) is 39.0 Å². The third kappa shape index (κ3) is 2.21. The molecule has 2 aromatic heterocycles. The van der Waals surface area contributed by atoms with E-state index in [2.05, 4.69) is 10.1 Å². The number of aryl methyl sites for hydroxylation is 2. The summed E-state index contributed by atoms with van der Waals surface area (Å²) in [7, 11) is 0. The normalized spacial score (nSPS) is 13.0. The van der Waals surface area contributed by atoms with Gasteiger partial charge in [-0.1, -0.05) is 5.16 Å². The van der Waals surface area contributed by atoms with Crippen LogP contribution in [0.15, 0.2) is 22.7 Å². The molecule has 4 nitrogen and oxygen atoms in total. The Labute approximate surface area is 126 Å². The molecule has 0 aliphatic heterocycles. The highest BCUT2D eigenvalue weighted by atomic mass is 35.5. The highest BCUT2D eigenvalue weighted by Crippen LogP contribution is 2.30. The predicted octanol–water partition coefficient (Wildman–Crippen LogP) is 4.13. The van der Waals surface area contributed by atoms with Gasteiger partial charge in [0.25, 0.3) is 0 Å². The van der Waals surface area contributed by atoms with Crippen molar-refractivity contribution in [2.24, 2.45) is 0 Å². The first kappa shape index (κ1) is 14.1. The summed E-state index contributed by atoms with van der Waals surface area (Å²) in [5, 5.41) is 3.98. The number of rotatable bonds is 3. The molecule has 1 atom stereocenters. The van der Waals surface area contributed by atoms with Crippen LogP contribution in [0.1, 0.15) is 35.8 Å². The van der Waals surface area contributed by atoms with Gasteiger partial charge in [0.1, 0.15) is 17.4 Å². The van der Waals surface area contributed by atoms with Crippen LogP contribution in [0.3, 0.4) is 0 Å². The molecular weight excluding hydrogens is 293 g/mol. The Hall–Kier alpha value is -1.88. The minimum Gasteiger partial charge on any atom is -0.361 e. The van der Waals surface area contributed by atoms with Crippen LogP contribution >= 0.6 is 11.6 Å². The van der Waals surface area contributed by atoms with E-state index in [0.717, 1.165) is 28.1 Å². The number of alkyl halides is 1. The van der Waals surface area contributed by atoms with Crippen molar-refractivity contribution in [3.63, 3.8) is 0 Å². The highest BCUT2D eigenvalue weighted by molar-refractivity contribution is 6.16. The highest BCUT2D eigenvalue weighted by Gasteiger charge is 2.22. The van der Waals surface area contributed by atoms with Crippen molar-refractivity contribution in [3.8, 4) is 0 Å². The molecule has 3 rings (SSSR count). The number of hydrogen-bond acceptors (Lipinski definition) is 3. The topological polar surface area (TPSA) is 43.9 Å². The summed E-state index contributed by atoms with van der Waals surface area (Å²) in [4.78, 5) is 4.48. The average Bonchev–Trinajstić information content (AvgIpc) is 2.98. The van der Waals surface area contributed by atoms with Crippen LogP contribution in [0, 0.1) is 19.7 Å². The van der Waals surface area contributed by atoms with E-state index >= 15 is 0 Å². The second kappa shape index (κ2) is 5.15. The molecule has 1 aromatic carbocycles. The molecule has 0 amide bonds. The Balaban J connectivity index is 2.25. The molecule has 3 aromatic rings. The summed E-state index contributed by atoms with van der Waals surface area (Å²) in [6.07, 6.45) is 0. The maximum absolute atomic E-state index is 13.6. The molecule has 2 heterocycles. The smallest absolute Gasteiger partial charge is 0.139 e. The summed E-state index contributed by atoms with van der Waals surface area (Å²) in [6, 6.07) is 4.46. The largest absolute Gasteiger partial charge is 0.361 e. The van der Waals surface area contributed by atoms with Gasteiger partial charge in [0.15, 0.2) is 0 Å². The number of hydrogen-bond donors (Lipinski definition) is 0. The Morgan fingerprint density at radius 2 is 2.14 bits per heavy atom. The Kier molecular flexibility index (Phi) is 3.45. The molecule has 6 heteroatoms. The number of nitrogens with zero attached hydrogens (tertiary/aromatic N) is 3. The fourth-order valence-corrected chi connectivity index (χ4v) is 3.05. The molecule has 110 valence electrons. The van der Waals surface area contributed by atoms with E-state index in [1.807, 2.05) is 25.3 Å². The van der Waals surface area contributed by atoms with Crippen molar-refractivity contribution < 1.29 is 8.91 Å². The zero-order valence-electron chi connectivity index (χ0n) is 12.0. The quantitative estimate of drug-likeness (QED) is 0.683. The second-order valence-electron chi connectivity index (χ2n) is 5.08. The molecule has 0 radical (unpaired) electrons. The first-order valence-corrected chi connectivity index (χ1v) is 7.21. The van der Waals surface area contributed by atoms with Crippen LogP contribution in [-0.2, 0) is 5.88 Å². The average molecular weight is 308 g/mol. The molecule has 0 N–H and O–H groups in total. The molecule has 0 saturated carbocycles. The minimum absolute atomic E-state index is 0.0863. The third-order valence-corrected chi connectivity index (χ3v) is 3.98. The number of imidazole rings is 1. The minimum atomic E-state index is -0.296. The zero-order chi connectivity index (χ0) is 15.1. The molecule has 1 unspecified atom stereocenters. The van der Waals surface area contributed by atoms with Crippen molar-refractivity contribution in [2.45, 2.75) is 32.7 Å². The van der Waals surface area contributed by atoms with Crippen LogP contribution in [-0.4, -0.2) is 14.7 Å². The third-order valence-electron chi connectivity index (χ3n) is 3.74. The maximum atomic E-state index is 13.6. The van der Waals surface area contributed by atoms with E-state index in [1.165, 1.54) is 12.1 Å². The molecule has 0 bridgehead atoms. The lowest BCUT2D eigenvalue weighted by molar-refractivity contribution is 0.391. The fraction of sp³-hybridized carbons (Fsp3) is 0.333. The monoisotopic (exact) mass is 307 g/mol. The summed E-state index contributed by atoms with van der Waals surface area (Å²) >= 11 is 6.01. The van der Waals surface area contributed by atoms with Gasteiger partial charge in [0, 0.05) is 5.56 Å². The standard InChI is InChI=1S/C15H15ClFN3O/c1-8-15(10(3)21-19-8)9(2)20-13-6-11(17)4-5-12(13)18-14(20)7-16/h4-6,9H,7H2,1-3H3. The lowest BCUT2D eigenvalue weighted by Crippen LogP contribution is -2.11. The van der Waals surface area contributed by atoms with Gasteiger partial charge in [-0.25, -0.2) is 9.37 Å². The zero-order valence-corrected chi connectivity index (χ0v) is 12.8. The molecule has 0 aliphatic carbocycles. The number of halogens is 2. The SMILES string of the molecule is Cc1noc(C)c1C(C)n1c(CCl)nc2ccc(F)cc21. The van der Waals surface area contributed by atoms with Gasteiger partial charge >= 0.3 is 0 Å². The van der Waals surface area contributed by atoms with Gasteiger partial charge < -0.3 is 9.09 Å². The van der Waals surface area contributed by atoms with Crippen molar-refractivity contribution in [1.29, 1.82) is 0 Å². The van der Waals surface area contributed by atoms with Crippen LogP contribution in [0.25, 0.3) is 11.0 Å². The first-order chi connectivity index (χ1) is 10.0. The van der Waals surface area contributed by atoms with E-state index in [1.54, 1.807) is 6.07 Å². The number of benzene rings is 1. The lowest BCUT2D eigenvalue weighted by Gasteiger charge is -2.17. The van der Waals surface area contributed by atoms with Crippen LogP contribution in [0.5, 0.6) is 0 Å². The summed E-state index contributed by atoms with van der Waals surface area (Å²) in [5.74, 6) is 1.41. The summed E-state index contributed by atoms with van der Waals surface area (Å²) in [6.45, 7) is 5.77. The van der Waals surface area contributed by atoms with E-state index in [-0.39, 0.29) is 17.7 Å². The van der Waals surface area contributed by atoms with Crippen molar-refractivity contribution >= 4 is 22.6 Å². The van der Waals surface area contributed by atoms with Gasteiger partial charge in [-0.3, -0.25) is 0 Å². The van der Waals surface area contributed by atoms with E-state index in [4.69, 9.17) is 16.1 Å². The molecule has 21 heavy (non-hydrogen) atoms. The Morgan fingerprint density at radius 3 is 2.76 bits per heavy atom. The molecule has 0 spiro atoms. The van der Waals surface area contributed by atoms with E-state index < -0.39 is 0 Å². The summed E-state index contributed by atoms with van der Waals surface area (Å²) < 4.78 is 20.8. The molecule has 0 fully saturated rings. The predicted molar refractivity (Wildman–Crippen MR) is 79.0 cm³/mol. The van der Waals surface area contributed by atoms with E-state index in [0.29, 0.717) is 5.82 Å². The number of fused-ring (bicyclic) bond motifs is 1. The van der Waals surface area contributed by atoms with E-state index in [9.17, 15) is 4.39 Å². The lowest BCUT2D eigenvalue weighted by atomic mass is 10.1. The van der Waals surface area contributed by atoms with Crippen molar-refractivity contribution in [1.82, 2.24) is 14.7 Å². The fourth-order valence-electron chi connectivity index (χ4n) is 2.86. The summed E-state index contributed by atoms with van der Waals surface area (Å²) in [5.41, 5.74) is 3.24. The first-order valence-electron chi connectivity index (χ1n) is 6.68. The number of aromatic nitrogens is 3. The van der Waals surface area contributed by atoms with Crippen LogP contribution < -0.4 is 0 Å². The van der Waals surface area contributed by atoms with Gasteiger partial charge in [-0.15, -0.1) is 11.6 Å². The van der Waals surface area contributed by atoms with Gasteiger partial charge in [0.2, 0.25) is 0 Å².